The van der Waals surface area contributed by atoms with Crippen LogP contribution in [-0.4, -0.2) is 45.0 Å². The van der Waals surface area contributed by atoms with Crippen LogP contribution in [0, 0.1) is 6.92 Å². The third kappa shape index (κ3) is 3.40. The molecule has 1 aliphatic rings. The molecule has 0 saturated heterocycles. The highest BCUT2D eigenvalue weighted by Gasteiger charge is 2.38. The largest absolute Gasteiger partial charge is 0.465 e. The molecule has 1 aliphatic heterocycles. The van der Waals surface area contributed by atoms with Crippen LogP contribution in [0.5, 0.6) is 0 Å². The summed E-state index contributed by atoms with van der Waals surface area (Å²) in [7, 11) is 7.43. The lowest BCUT2D eigenvalue weighted by atomic mass is 10.1. The number of aromatic nitrogens is 3. The third-order valence-corrected chi connectivity index (χ3v) is 7.72. The fraction of sp³-hybridized carbons (Fsp3) is 0.360. The Morgan fingerprint density at radius 3 is 2.42 bits per heavy atom. The molecule has 172 valence electrons. The molecule has 4 aromatic rings. The van der Waals surface area contributed by atoms with E-state index in [9.17, 15) is 9.59 Å². The summed E-state index contributed by atoms with van der Waals surface area (Å²) < 4.78 is 11.2. The van der Waals surface area contributed by atoms with E-state index in [0.717, 1.165) is 40.8 Å². The molecule has 33 heavy (non-hydrogen) atoms. The zero-order valence-corrected chi connectivity index (χ0v) is 20.3. The zero-order chi connectivity index (χ0) is 23.4. The zero-order valence-electron chi connectivity index (χ0n) is 19.5. The minimum absolute atomic E-state index is 0.116. The molecule has 0 saturated carbocycles. The minimum Gasteiger partial charge on any atom is -0.465 e. The van der Waals surface area contributed by atoms with E-state index >= 15 is 0 Å². The summed E-state index contributed by atoms with van der Waals surface area (Å²) >= 11 is 1.80. The van der Waals surface area contributed by atoms with Crippen LogP contribution in [0.15, 0.2) is 56.5 Å². The molecule has 0 bridgehead atoms. The first-order valence-electron chi connectivity index (χ1n) is 11.0. The quantitative estimate of drug-likeness (QED) is 0.462. The molecule has 0 radical (unpaired) electrons. The van der Waals surface area contributed by atoms with E-state index in [1.165, 1.54) is 4.57 Å². The average molecular weight is 465 g/mol. The summed E-state index contributed by atoms with van der Waals surface area (Å²) in [4.78, 5) is 28.8. The van der Waals surface area contributed by atoms with E-state index in [0.29, 0.717) is 10.9 Å². The molecule has 0 spiro atoms. The standard InChI is InChI=1S/C25H28N4O3S/c1-15-11-12-18(32-15)23-22-21-19(24(30)28(5)25(31)27(21)4)20(16-9-7-6-8-10-16)29(22)17(14-33-23)13-26(2)3/h6-12,17,23H,13-14H2,1-5H3. The minimum atomic E-state index is -0.324. The number of fused-ring (bicyclic) bond motifs is 3. The second kappa shape index (κ2) is 8.11. The Morgan fingerprint density at radius 1 is 1.06 bits per heavy atom. The number of likely N-dealkylation sites (N-methyl/N-ethyl adjacent to an activating group) is 1. The summed E-state index contributed by atoms with van der Waals surface area (Å²) in [5.41, 5.74) is 2.90. The maximum absolute atomic E-state index is 13.6. The second-order valence-electron chi connectivity index (χ2n) is 8.98. The Kier molecular flexibility index (Phi) is 5.37. The van der Waals surface area contributed by atoms with Gasteiger partial charge in [-0.2, -0.15) is 0 Å². The molecular weight excluding hydrogens is 436 g/mol. The van der Waals surface area contributed by atoms with E-state index in [2.05, 4.69) is 23.6 Å². The van der Waals surface area contributed by atoms with Gasteiger partial charge in [-0.05, 0) is 38.7 Å². The highest BCUT2D eigenvalue weighted by Crippen LogP contribution is 2.49. The van der Waals surface area contributed by atoms with E-state index in [1.807, 2.05) is 49.4 Å². The summed E-state index contributed by atoms with van der Waals surface area (Å²) in [6, 6.07) is 14.1. The first-order chi connectivity index (χ1) is 15.8. The molecule has 4 heterocycles. The second-order valence-corrected chi connectivity index (χ2v) is 10.1. The lowest BCUT2D eigenvalue weighted by Crippen LogP contribution is -2.37. The fourth-order valence-electron chi connectivity index (χ4n) is 4.95. The molecular formula is C25H28N4O3S. The Balaban J connectivity index is 1.97. The first-order valence-corrected chi connectivity index (χ1v) is 12.1. The lowest BCUT2D eigenvalue weighted by molar-refractivity contribution is 0.334. The Hall–Kier alpha value is -2.97. The van der Waals surface area contributed by atoms with Crippen molar-refractivity contribution in [2.45, 2.75) is 18.2 Å². The van der Waals surface area contributed by atoms with Gasteiger partial charge < -0.3 is 13.9 Å². The summed E-state index contributed by atoms with van der Waals surface area (Å²) in [5, 5.41) is 0.468. The molecule has 0 aliphatic carbocycles. The number of rotatable bonds is 4. The van der Waals surface area contributed by atoms with E-state index in [4.69, 9.17) is 4.42 Å². The lowest BCUT2D eigenvalue weighted by Gasteiger charge is -2.34. The Labute approximate surface area is 196 Å². The predicted molar refractivity (Wildman–Crippen MR) is 133 cm³/mol. The van der Waals surface area contributed by atoms with Gasteiger partial charge in [-0.3, -0.25) is 13.9 Å². The first kappa shape index (κ1) is 21.9. The number of hydrogen-bond acceptors (Lipinski definition) is 5. The van der Waals surface area contributed by atoms with Crippen molar-refractivity contribution in [2.75, 3.05) is 26.4 Å². The average Bonchev–Trinajstić information content (AvgIpc) is 3.39. The molecule has 1 aromatic carbocycles. The molecule has 0 amide bonds. The predicted octanol–water partition coefficient (Wildman–Crippen LogP) is 3.55. The van der Waals surface area contributed by atoms with Gasteiger partial charge in [0.15, 0.2) is 0 Å². The summed E-state index contributed by atoms with van der Waals surface area (Å²) in [6.45, 7) is 2.75. The van der Waals surface area contributed by atoms with Crippen molar-refractivity contribution in [3.63, 3.8) is 0 Å². The van der Waals surface area contributed by atoms with Crippen LogP contribution < -0.4 is 11.2 Å². The fourth-order valence-corrected chi connectivity index (χ4v) is 6.29. The van der Waals surface area contributed by atoms with E-state index < -0.39 is 0 Å². The van der Waals surface area contributed by atoms with Crippen LogP contribution in [0.25, 0.3) is 22.2 Å². The SMILES string of the molecule is Cc1ccc(C2SCC(CN(C)C)n3c(-c4ccccc4)c4c(=O)n(C)c(=O)n(C)c4c32)o1. The van der Waals surface area contributed by atoms with Crippen molar-refractivity contribution in [3.05, 3.63) is 80.5 Å². The molecule has 5 rings (SSSR count). The van der Waals surface area contributed by atoms with Crippen LogP contribution in [0.2, 0.25) is 0 Å². The topological polar surface area (TPSA) is 65.3 Å². The monoisotopic (exact) mass is 464 g/mol. The molecule has 2 unspecified atom stereocenters. The Bertz CT molecular complexity index is 1460. The molecule has 2 atom stereocenters. The van der Waals surface area contributed by atoms with Gasteiger partial charge in [0.1, 0.15) is 16.8 Å². The molecule has 3 aromatic heterocycles. The van der Waals surface area contributed by atoms with Gasteiger partial charge >= 0.3 is 5.69 Å². The van der Waals surface area contributed by atoms with Crippen molar-refractivity contribution in [3.8, 4) is 11.3 Å². The van der Waals surface area contributed by atoms with Crippen molar-refractivity contribution in [1.29, 1.82) is 0 Å². The molecule has 0 N–H and O–H groups in total. The van der Waals surface area contributed by atoms with Crippen molar-refractivity contribution in [2.24, 2.45) is 14.1 Å². The van der Waals surface area contributed by atoms with Gasteiger partial charge in [-0.25, -0.2) is 4.79 Å². The Morgan fingerprint density at radius 2 is 1.79 bits per heavy atom. The third-order valence-electron chi connectivity index (χ3n) is 6.36. The maximum Gasteiger partial charge on any atom is 0.331 e. The van der Waals surface area contributed by atoms with Crippen molar-refractivity contribution < 1.29 is 4.42 Å². The number of benzene rings is 1. The number of furan rings is 1. The molecule has 8 heteroatoms. The van der Waals surface area contributed by atoms with Crippen molar-refractivity contribution >= 4 is 22.7 Å². The molecule has 7 nitrogen and oxygen atoms in total. The van der Waals surface area contributed by atoms with Crippen LogP contribution >= 0.6 is 11.8 Å². The normalized spacial score (nSPS) is 18.2. The summed E-state index contributed by atoms with van der Waals surface area (Å²) in [6.07, 6.45) is 0. The number of thioether (sulfide) groups is 1. The van der Waals surface area contributed by atoms with Gasteiger partial charge in [0.05, 0.1) is 28.3 Å². The van der Waals surface area contributed by atoms with E-state index in [-0.39, 0.29) is 22.5 Å². The van der Waals surface area contributed by atoms with Crippen LogP contribution in [-0.2, 0) is 14.1 Å². The van der Waals surface area contributed by atoms with Crippen molar-refractivity contribution in [1.82, 2.24) is 18.6 Å². The van der Waals surface area contributed by atoms with Gasteiger partial charge in [0, 0.05) is 26.4 Å². The van der Waals surface area contributed by atoms with Gasteiger partial charge in [0.2, 0.25) is 0 Å². The summed E-state index contributed by atoms with van der Waals surface area (Å²) in [5.74, 6) is 2.55. The number of aryl methyl sites for hydroxylation is 2. The van der Waals surface area contributed by atoms with Crippen LogP contribution in [0.1, 0.15) is 28.5 Å². The number of nitrogens with zero attached hydrogens (tertiary/aromatic N) is 4. The van der Waals surface area contributed by atoms with Crippen LogP contribution in [0.4, 0.5) is 0 Å². The van der Waals surface area contributed by atoms with Gasteiger partial charge in [-0.15, -0.1) is 11.8 Å². The maximum atomic E-state index is 13.6. The molecule has 0 fully saturated rings. The van der Waals surface area contributed by atoms with Gasteiger partial charge in [-0.1, -0.05) is 30.3 Å². The highest BCUT2D eigenvalue weighted by atomic mass is 32.2. The van der Waals surface area contributed by atoms with Crippen LogP contribution in [0.3, 0.4) is 0 Å². The van der Waals surface area contributed by atoms with E-state index in [1.54, 1.807) is 30.4 Å². The smallest absolute Gasteiger partial charge is 0.331 e. The highest BCUT2D eigenvalue weighted by molar-refractivity contribution is 7.99. The van der Waals surface area contributed by atoms with Gasteiger partial charge in [0.25, 0.3) is 5.56 Å². The number of hydrogen-bond donors (Lipinski definition) is 0.